The van der Waals surface area contributed by atoms with Crippen LogP contribution in [-0.2, 0) is 19.6 Å². The van der Waals surface area contributed by atoms with Crippen molar-refractivity contribution >= 4 is 33.5 Å². The molecule has 38 heavy (non-hydrogen) atoms. The van der Waals surface area contributed by atoms with Crippen LogP contribution in [0.25, 0.3) is 11.8 Å². The summed E-state index contributed by atoms with van der Waals surface area (Å²) in [4.78, 5) is 15.3. The second kappa shape index (κ2) is 9.65. The second-order valence-electron chi connectivity index (χ2n) is 10.3. The lowest BCUT2D eigenvalue weighted by Crippen LogP contribution is -2.47. The zero-order chi connectivity index (χ0) is 27.1. The normalized spacial score (nSPS) is 18.1. The Morgan fingerprint density at radius 2 is 1.58 bits per heavy atom. The molecule has 0 saturated carbocycles. The Balaban J connectivity index is 1.76. The van der Waals surface area contributed by atoms with E-state index in [2.05, 4.69) is 4.90 Å². The molecule has 3 aromatic carbocycles. The summed E-state index contributed by atoms with van der Waals surface area (Å²) in [6, 6.07) is 23.7. The topological polar surface area (TPSA) is 66.9 Å². The molecule has 0 fully saturated rings. The lowest BCUT2D eigenvalue weighted by Gasteiger charge is -2.45. The summed E-state index contributed by atoms with van der Waals surface area (Å²) in [7, 11) is -4.07. The largest absolute Gasteiger partial charge is 0.457 e. The van der Waals surface area contributed by atoms with Crippen LogP contribution in [0.1, 0.15) is 37.5 Å². The molecule has 2 heterocycles. The first-order valence-electron chi connectivity index (χ1n) is 12.4. The van der Waals surface area contributed by atoms with E-state index in [-0.39, 0.29) is 10.6 Å². The first-order valence-corrected chi connectivity index (χ1v) is 13.9. The number of carbonyl (C=O) groups is 1. The van der Waals surface area contributed by atoms with Crippen molar-refractivity contribution in [2.24, 2.45) is 0 Å². The third-order valence-corrected chi connectivity index (χ3v) is 8.01. The Kier molecular flexibility index (Phi) is 6.49. The zero-order valence-corrected chi connectivity index (χ0v) is 22.6. The van der Waals surface area contributed by atoms with Crippen LogP contribution >= 0.6 is 0 Å². The number of esters is 1. The van der Waals surface area contributed by atoms with Crippen molar-refractivity contribution in [1.82, 2.24) is 4.31 Å². The molecule has 2 aliphatic heterocycles. The smallest absolute Gasteiger partial charge is 0.333 e. The van der Waals surface area contributed by atoms with Gasteiger partial charge in [0.15, 0.2) is 0 Å². The molecule has 2 aliphatic rings. The van der Waals surface area contributed by atoms with Gasteiger partial charge in [-0.3, -0.25) is 0 Å². The molecule has 3 aromatic rings. The fourth-order valence-electron chi connectivity index (χ4n) is 4.62. The summed E-state index contributed by atoms with van der Waals surface area (Å²) < 4.78 is 35.0. The molecule has 1 atom stereocenters. The number of benzene rings is 3. The number of carbonyl (C=O) groups excluding carboxylic acids is 1. The Labute approximate surface area is 224 Å². The molecule has 7 heteroatoms. The van der Waals surface area contributed by atoms with Crippen molar-refractivity contribution in [3.8, 4) is 0 Å². The molecule has 0 saturated heterocycles. The Bertz CT molecular complexity index is 1560. The highest BCUT2D eigenvalue weighted by Gasteiger charge is 2.40. The third-order valence-electron chi connectivity index (χ3n) is 6.31. The van der Waals surface area contributed by atoms with Crippen LogP contribution in [0.15, 0.2) is 108 Å². The van der Waals surface area contributed by atoms with Crippen molar-refractivity contribution in [3.63, 3.8) is 0 Å². The number of fused-ring (bicyclic) bond motifs is 3. The SMILES string of the molecule is Cc1ccc(S(=O)(=O)N2C=C(c3ccccc3)N3c4ccccc4C=C[C@H]3/C2=C\C(=O)OC(C)(C)C)cc1. The van der Waals surface area contributed by atoms with Crippen molar-refractivity contribution in [3.05, 3.63) is 120 Å². The molecule has 0 aliphatic carbocycles. The van der Waals surface area contributed by atoms with Gasteiger partial charge < -0.3 is 9.64 Å². The van der Waals surface area contributed by atoms with Gasteiger partial charge in [-0.25, -0.2) is 17.5 Å². The van der Waals surface area contributed by atoms with Crippen LogP contribution in [0, 0.1) is 6.92 Å². The summed E-state index contributed by atoms with van der Waals surface area (Å²) in [5, 5.41) is 0. The molecule has 0 aromatic heterocycles. The molecule has 0 spiro atoms. The number of anilines is 1. The van der Waals surface area contributed by atoms with Crippen LogP contribution in [0.2, 0.25) is 0 Å². The maximum atomic E-state index is 14.1. The van der Waals surface area contributed by atoms with Crippen LogP contribution in [-0.4, -0.2) is 30.3 Å². The van der Waals surface area contributed by atoms with Crippen LogP contribution < -0.4 is 4.90 Å². The minimum Gasteiger partial charge on any atom is -0.457 e. The van der Waals surface area contributed by atoms with Crippen LogP contribution in [0.5, 0.6) is 0 Å². The number of rotatable bonds is 4. The Morgan fingerprint density at radius 1 is 0.921 bits per heavy atom. The predicted molar refractivity (Wildman–Crippen MR) is 150 cm³/mol. The number of hydrogen-bond donors (Lipinski definition) is 0. The van der Waals surface area contributed by atoms with E-state index >= 15 is 0 Å². The van der Waals surface area contributed by atoms with Crippen molar-refractivity contribution < 1.29 is 17.9 Å². The maximum absolute atomic E-state index is 14.1. The summed E-state index contributed by atoms with van der Waals surface area (Å²) in [5.74, 6) is -0.611. The fourth-order valence-corrected chi connectivity index (χ4v) is 6.01. The molecule has 0 amide bonds. The minimum absolute atomic E-state index is 0.135. The Hall–Kier alpha value is -4.10. The van der Waals surface area contributed by atoms with E-state index in [1.807, 2.05) is 73.7 Å². The van der Waals surface area contributed by atoms with Gasteiger partial charge in [0.1, 0.15) is 5.60 Å². The standard InChI is InChI=1S/C31H30N2O4S/c1-22-14-17-25(18-15-22)38(35,36)32-21-29(23-10-6-5-7-11-23)33-26-13-9-8-12-24(26)16-19-27(33)28(32)20-30(34)37-31(2,3)4/h5-21,27H,1-4H3/b28-20+/t27-/m0/s1. The second-order valence-corrected chi connectivity index (χ2v) is 12.1. The molecule has 194 valence electrons. The van der Waals surface area contributed by atoms with Crippen LogP contribution in [0.3, 0.4) is 0 Å². The zero-order valence-electron chi connectivity index (χ0n) is 21.8. The quantitative estimate of drug-likeness (QED) is 0.302. The van der Waals surface area contributed by atoms with Gasteiger partial charge in [-0.05, 0) is 57.0 Å². The summed E-state index contributed by atoms with van der Waals surface area (Å²) in [6.45, 7) is 7.24. The number of sulfonamides is 1. The van der Waals surface area contributed by atoms with Gasteiger partial charge in [0.05, 0.1) is 22.3 Å². The van der Waals surface area contributed by atoms with Gasteiger partial charge in [-0.2, -0.15) is 0 Å². The molecule has 0 radical (unpaired) electrons. The highest BCUT2D eigenvalue weighted by Crippen LogP contribution is 2.43. The lowest BCUT2D eigenvalue weighted by molar-refractivity contribution is -0.148. The van der Waals surface area contributed by atoms with Gasteiger partial charge in [0, 0.05) is 18.0 Å². The van der Waals surface area contributed by atoms with Crippen molar-refractivity contribution in [1.29, 1.82) is 0 Å². The lowest BCUT2D eigenvalue weighted by atomic mass is 9.96. The van der Waals surface area contributed by atoms with E-state index in [9.17, 15) is 13.2 Å². The van der Waals surface area contributed by atoms with E-state index in [0.29, 0.717) is 5.70 Å². The number of hydrogen-bond acceptors (Lipinski definition) is 5. The number of nitrogens with zero attached hydrogens (tertiary/aromatic N) is 2. The first kappa shape index (κ1) is 25.5. The number of para-hydroxylation sites is 1. The predicted octanol–water partition coefficient (Wildman–Crippen LogP) is 6.13. The molecule has 0 bridgehead atoms. The Morgan fingerprint density at radius 3 is 2.26 bits per heavy atom. The van der Waals surface area contributed by atoms with Crippen LogP contribution in [0.4, 0.5) is 5.69 Å². The molecule has 0 N–H and O–H groups in total. The molecule has 5 rings (SSSR count). The third kappa shape index (κ3) is 4.89. The molecular weight excluding hydrogens is 496 g/mol. The average molecular weight is 527 g/mol. The van der Waals surface area contributed by atoms with Gasteiger partial charge in [0.2, 0.25) is 0 Å². The van der Waals surface area contributed by atoms with Crippen molar-refractivity contribution in [2.75, 3.05) is 4.90 Å². The van der Waals surface area contributed by atoms with Gasteiger partial charge in [-0.1, -0.05) is 78.4 Å². The van der Waals surface area contributed by atoms with E-state index < -0.39 is 27.6 Å². The molecule has 0 unspecified atom stereocenters. The number of ether oxygens (including phenoxy) is 1. The fraction of sp³-hybridized carbons (Fsp3) is 0.194. The first-order chi connectivity index (χ1) is 18.0. The van der Waals surface area contributed by atoms with E-state index in [1.54, 1.807) is 51.2 Å². The van der Waals surface area contributed by atoms with Gasteiger partial charge in [0.25, 0.3) is 10.0 Å². The average Bonchev–Trinajstić information content (AvgIpc) is 2.88. The van der Waals surface area contributed by atoms with Gasteiger partial charge >= 0.3 is 5.97 Å². The molecule has 6 nitrogen and oxygen atoms in total. The summed E-state index contributed by atoms with van der Waals surface area (Å²) in [5.41, 5.74) is 3.96. The highest BCUT2D eigenvalue weighted by molar-refractivity contribution is 7.89. The van der Waals surface area contributed by atoms with E-state index in [1.165, 1.54) is 10.4 Å². The maximum Gasteiger partial charge on any atom is 0.333 e. The van der Waals surface area contributed by atoms with E-state index in [4.69, 9.17) is 4.74 Å². The van der Waals surface area contributed by atoms with Gasteiger partial charge in [-0.15, -0.1) is 0 Å². The minimum atomic E-state index is -4.07. The number of aryl methyl sites for hydroxylation is 1. The molecular formula is C31H30N2O4S. The summed E-state index contributed by atoms with van der Waals surface area (Å²) >= 11 is 0. The highest BCUT2D eigenvalue weighted by atomic mass is 32.2. The monoisotopic (exact) mass is 526 g/mol. The van der Waals surface area contributed by atoms with Crippen molar-refractivity contribution in [2.45, 2.75) is 44.2 Å². The summed E-state index contributed by atoms with van der Waals surface area (Å²) in [6.07, 6.45) is 6.79. The van der Waals surface area contributed by atoms with E-state index in [0.717, 1.165) is 22.4 Å².